The molecule has 84 valence electrons. The highest BCUT2D eigenvalue weighted by molar-refractivity contribution is 14.1. The molecule has 0 aromatic heterocycles. The van der Waals surface area contributed by atoms with Crippen molar-refractivity contribution >= 4 is 40.3 Å². The molecule has 1 aromatic rings. The van der Waals surface area contributed by atoms with E-state index in [9.17, 15) is 9.59 Å². The van der Waals surface area contributed by atoms with Crippen LogP contribution in [0.25, 0.3) is 0 Å². The molecule has 1 aromatic carbocycles. The molecule has 1 unspecified atom stereocenters. The van der Waals surface area contributed by atoms with Crippen molar-refractivity contribution in [3.05, 3.63) is 27.8 Å². The number of carbonyl (C=O) groups is 2. The van der Waals surface area contributed by atoms with Gasteiger partial charge in [0.2, 0.25) is 0 Å². The predicted molar refractivity (Wildman–Crippen MR) is 66.0 cm³/mol. The maximum Gasteiger partial charge on any atom is 0.415 e. The number of cyclic esters (lactones) is 1. The third-order valence-electron chi connectivity index (χ3n) is 2.27. The highest BCUT2D eigenvalue weighted by atomic mass is 127. The van der Waals surface area contributed by atoms with Gasteiger partial charge in [-0.05, 0) is 46.9 Å². The summed E-state index contributed by atoms with van der Waals surface area (Å²) >= 11 is 2.17. The van der Waals surface area contributed by atoms with Crippen LogP contribution in [0.4, 0.5) is 10.5 Å². The zero-order chi connectivity index (χ0) is 11.7. The minimum absolute atomic E-state index is 0.175. The highest BCUT2D eigenvalue weighted by Crippen LogP contribution is 2.22. The van der Waals surface area contributed by atoms with E-state index in [1.54, 1.807) is 12.1 Å². The van der Waals surface area contributed by atoms with E-state index in [-0.39, 0.29) is 6.54 Å². The second-order valence-corrected chi connectivity index (χ2v) is 4.61. The van der Waals surface area contributed by atoms with Gasteiger partial charge < -0.3 is 10.5 Å². The van der Waals surface area contributed by atoms with E-state index in [4.69, 9.17) is 10.5 Å². The number of benzene rings is 1. The lowest BCUT2D eigenvalue weighted by molar-refractivity contribution is -0.124. The summed E-state index contributed by atoms with van der Waals surface area (Å²) in [6.07, 6.45) is -1.39. The standard InChI is InChI=1S/C10H9IN2O3/c11-6-1-3-7(4-2-6)13-5-8(9(12)14)16-10(13)15/h1-4,8H,5H2,(H2,12,14). The second-order valence-electron chi connectivity index (χ2n) is 3.36. The van der Waals surface area contributed by atoms with Crippen LogP contribution in [0.3, 0.4) is 0 Å². The zero-order valence-electron chi connectivity index (χ0n) is 8.22. The van der Waals surface area contributed by atoms with Crippen LogP contribution in [0, 0.1) is 3.57 Å². The first-order chi connectivity index (χ1) is 7.58. The van der Waals surface area contributed by atoms with Crippen LogP contribution in [-0.4, -0.2) is 24.6 Å². The lowest BCUT2D eigenvalue weighted by Crippen LogP contribution is -2.32. The Morgan fingerprint density at radius 3 is 2.56 bits per heavy atom. The van der Waals surface area contributed by atoms with Crippen LogP contribution < -0.4 is 10.6 Å². The molecule has 5 nitrogen and oxygen atoms in total. The molecule has 6 heteroatoms. The Morgan fingerprint density at radius 2 is 2.06 bits per heavy atom. The van der Waals surface area contributed by atoms with Crippen LogP contribution in [0.5, 0.6) is 0 Å². The maximum absolute atomic E-state index is 11.5. The molecule has 0 bridgehead atoms. The van der Waals surface area contributed by atoms with Gasteiger partial charge in [-0.1, -0.05) is 0 Å². The summed E-state index contributed by atoms with van der Waals surface area (Å²) in [5, 5.41) is 0. The van der Waals surface area contributed by atoms with Crippen molar-refractivity contribution in [1.29, 1.82) is 0 Å². The molecular weight excluding hydrogens is 323 g/mol. The molecule has 0 radical (unpaired) electrons. The van der Waals surface area contributed by atoms with E-state index in [1.165, 1.54) is 4.90 Å². The van der Waals surface area contributed by atoms with Gasteiger partial charge in [0.1, 0.15) is 0 Å². The van der Waals surface area contributed by atoms with Crippen molar-refractivity contribution in [2.24, 2.45) is 5.73 Å². The van der Waals surface area contributed by atoms with Crippen LogP contribution in [0.1, 0.15) is 0 Å². The predicted octanol–water partition coefficient (Wildman–Crippen LogP) is 1.10. The monoisotopic (exact) mass is 332 g/mol. The summed E-state index contributed by atoms with van der Waals surface area (Å²) in [6, 6.07) is 7.35. The molecule has 1 saturated heterocycles. The molecule has 2 amide bonds. The number of primary amides is 1. The molecule has 1 heterocycles. The van der Waals surface area contributed by atoms with E-state index in [1.807, 2.05) is 12.1 Å². The number of anilines is 1. The van der Waals surface area contributed by atoms with Crippen LogP contribution in [0.15, 0.2) is 24.3 Å². The summed E-state index contributed by atoms with van der Waals surface area (Å²) in [5.74, 6) is -0.624. The Hall–Kier alpha value is -1.31. The third-order valence-corrected chi connectivity index (χ3v) is 2.99. The Bertz CT molecular complexity index is 432. The molecule has 2 N–H and O–H groups in total. The molecule has 0 saturated carbocycles. The number of halogens is 1. The molecule has 2 rings (SSSR count). The fraction of sp³-hybridized carbons (Fsp3) is 0.200. The van der Waals surface area contributed by atoms with E-state index in [2.05, 4.69) is 22.6 Å². The van der Waals surface area contributed by atoms with Gasteiger partial charge in [-0.2, -0.15) is 0 Å². The average molecular weight is 332 g/mol. The lowest BCUT2D eigenvalue weighted by Gasteiger charge is -2.12. The Labute approximate surface area is 106 Å². The van der Waals surface area contributed by atoms with E-state index in [0.29, 0.717) is 5.69 Å². The third kappa shape index (κ3) is 2.11. The Morgan fingerprint density at radius 1 is 1.44 bits per heavy atom. The first kappa shape index (κ1) is 11.2. The largest absolute Gasteiger partial charge is 0.434 e. The van der Waals surface area contributed by atoms with Gasteiger partial charge in [-0.3, -0.25) is 9.69 Å². The second kappa shape index (κ2) is 4.28. The van der Waals surface area contributed by atoms with E-state index < -0.39 is 18.1 Å². The molecule has 1 atom stereocenters. The van der Waals surface area contributed by atoms with Gasteiger partial charge in [0.15, 0.2) is 6.10 Å². The van der Waals surface area contributed by atoms with E-state index >= 15 is 0 Å². The summed E-state index contributed by atoms with van der Waals surface area (Å²) in [5.41, 5.74) is 5.78. The molecule has 0 spiro atoms. The van der Waals surface area contributed by atoms with E-state index in [0.717, 1.165) is 3.57 Å². The number of hydrogen-bond acceptors (Lipinski definition) is 3. The van der Waals surface area contributed by atoms with Gasteiger partial charge in [0.05, 0.1) is 6.54 Å². The summed E-state index contributed by atoms with van der Waals surface area (Å²) in [4.78, 5) is 23.8. The normalized spacial score (nSPS) is 19.7. The minimum atomic E-state index is -0.855. The van der Waals surface area contributed by atoms with Crippen LogP contribution in [0.2, 0.25) is 0 Å². The lowest BCUT2D eigenvalue weighted by atomic mass is 10.2. The number of carbonyl (C=O) groups excluding carboxylic acids is 2. The first-order valence-electron chi connectivity index (χ1n) is 4.61. The topological polar surface area (TPSA) is 72.6 Å². The van der Waals surface area contributed by atoms with Crippen molar-refractivity contribution < 1.29 is 14.3 Å². The zero-order valence-corrected chi connectivity index (χ0v) is 10.4. The van der Waals surface area contributed by atoms with Crippen molar-refractivity contribution in [2.45, 2.75) is 6.10 Å². The molecule has 1 aliphatic heterocycles. The summed E-state index contributed by atoms with van der Waals surface area (Å²) in [7, 11) is 0. The van der Waals surface area contributed by atoms with Gasteiger partial charge in [0.25, 0.3) is 5.91 Å². The Kier molecular flexibility index (Phi) is 2.99. The number of nitrogens with two attached hydrogens (primary N) is 1. The molecule has 1 aliphatic rings. The molecular formula is C10H9IN2O3. The minimum Gasteiger partial charge on any atom is -0.434 e. The van der Waals surface area contributed by atoms with Gasteiger partial charge >= 0.3 is 6.09 Å². The molecule has 1 fully saturated rings. The van der Waals surface area contributed by atoms with Crippen LogP contribution in [-0.2, 0) is 9.53 Å². The van der Waals surface area contributed by atoms with Crippen molar-refractivity contribution in [3.8, 4) is 0 Å². The Balaban J connectivity index is 2.20. The molecule has 0 aliphatic carbocycles. The number of ether oxygens (including phenoxy) is 1. The first-order valence-corrected chi connectivity index (χ1v) is 5.69. The average Bonchev–Trinajstić information content (AvgIpc) is 2.62. The van der Waals surface area contributed by atoms with Crippen molar-refractivity contribution in [1.82, 2.24) is 0 Å². The van der Waals surface area contributed by atoms with Crippen LogP contribution >= 0.6 is 22.6 Å². The number of rotatable bonds is 2. The number of nitrogens with zero attached hydrogens (tertiary/aromatic N) is 1. The van der Waals surface area contributed by atoms with Crippen molar-refractivity contribution in [2.75, 3.05) is 11.4 Å². The van der Waals surface area contributed by atoms with Gasteiger partial charge in [-0.25, -0.2) is 4.79 Å². The number of hydrogen-bond donors (Lipinski definition) is 1. The SMILES string of the molecule is NC(=O)C1CN(c2ccc(I)cc2)C(=O)O1. The quantitative estimate of drug-likeness (QED) is 0.825. The fourth-order valence-electron chi connectivity index (χ4n) is 1.44. The fourth-order valence-corrected chi connectivity index (χ4v) is 1.80. The highest BCUT2D eigenvalue weighted by Gasteiger charge is 2.35. The molecule has 16 heavy (non-hydrogen) atoms. The van der Waals surface area contributed by atoms with Gasteiger partial charge in [0, 0.05) is 9.26 Å². The van der Waals surface area contributed by atoms with Gasteiger partial charge in [-0.15, -0.1) is 0 Å². The van der Waals surface area contributed by atoms with Crippen molar-refractivity contribution in [3.63, 3.8) is 0 Å². The number of amides is 2. The maximum atomic E-state index is 11.5. The summed E-state index contributed by atoms with van der Waals surface area (Å²) in [6.45, 7) is 0.175. The smallest absolute Gasteiger partial charge is 0.415 e. The summed E-state index contributed by atoms with van der Waals surface area (Å²) < 4.78 is 5.90.